The van der Waals surface area contributed by atoms with E-state index in [1.807, 2.05) is 0 Å². The van der Waals surface area contributed by atoms with Gasteiger partial charge in [-0.05, 0) is 25.7 Å². The van der Waals surface area contributed by atoms with Crippen LogP contribution in [0.1, 0.15) is 85.0 Å². The second-order valence-electron chi connectivity index (χ2n) is 4.85. The monoisotopic (exact) mass is 236 g/mol. The van der Waals surface area contributed by atoms with Gasteiger partial charge in [0.2, 0.25) is 0 Å². The van der Waals surface area contributed by atoms with Crippen molar-refractivity contribution in [3.05, 3.63) is 23.8 Å². The molecule has 0 heteroatoms. The normalized spacial score (nSPS) is 12.5. The quantitative estimate of drug-likeness (QED) is 0.286. The molecule has 0 saturated carbocycles. The molecule has 0 spiro atoms. The van der Waals surface area contributed by atoms with Crippen molar-refractivity contribution >= 4 is 0 Å². The van der Waals surface area contributed by atoms with Gasteiger partial charge in [-0.25, -0.2) is 0 Å². The zero-order valence-electron chi connectivity index (χ0n) is 12.3. The van der Waals surface area contributed by atoms with Crippen LogP contribution in [0, 0.1) is 0 Å². The van der Waals surface area contributed by atoms with E-state index in [4.69, 9.17) is 0 Å². The second kappa shape index (κ2) is 13.5. The fourth-order valence-electron chi connectivity index (χ4n) is 2.05. The van der Waals surface area contributed by atoms with E-state index >= 15 is 0 Å². The number of allylic oxidation sites excluding steroid dienone is 4. The van der Waals surface area contributed by atoms with E-state index in [1.165, 1.54) is 63.4 Å². The summed E-state index contributed by atoms with van der Waals surface area (Å²) in [6.07, 6.45) is 20.4. The van der Waals surface area contributed by atoms with E-state index in [1.54, 1.807) is 0 Å². The highest BCUT2D eigenvalue weighted by Crippen LogP contribution is 2.10. The Labute approximate surface area is 109 Å². The maximum absolute atomic E-state index is 2.36. The molecule has 0 unspecified atom stereocenters. The Hall–Kier alpha value is -0.520. The van der Waals surface area contributed by atoms with Gasteiger partial charge in [0.15, 0.2) is 0 Å². The Kier molecular flexibility index (Phi) is 13.1. The molecule has 0 aliphatic heterocycles. The minimum atomic E-state index is 1.16. The average Bonchev–Trinajstić information content (AvgIpc) is 2.35. The molecule has 100 valence electrons. The molecular formula is C17H32. The lowest BCUT2D eigenvalue weighted by Gasteiger charge is -1.99. The predicted molar refractivity (Wildman–Crippen MR) is 80.4 cm³/mol. The van der Waals surface area contributed by atoms with Gasteiger partial charge in [0.05, 0.1) is 0 Å². The summed E-state index contributed by atoms with van der Waals surface area (Å²) in [6.45, 7) is 6.72. The molecule has 0 aromatic heterocycles. The minimum absolute atomic E-state index is 1.16. The van der Waals surface area contributed by atoms with Crippen LogP contribution in [-0.2, 0) is 0 Å². The largest absolute Gasteiger partial charge is 0.0843 e. The van der Waals surface area contributed by atoms with Crippen LogP contribution in [0.5, 0.6) is 0 Å². The van der Waals surface area contributed by atoms with Crippen LogP contribution in [0.15, 0.2) is 23.8 Å². The number of hydrogen-bond donors (Lipinski definition) is 0. The summed E-state index contributed by atoms with van der Waals surface area (Å²) in [7, 11) is 0. The van der Waals surface area contributed by atoms with E-state index in [2.05, 4.69) is 39.0 Å². The summed E-state index contributed by atoms with van der Waals surface area (Å²) in [6, 6.07) is 0. The Bertz CT molecular complexity index is 198. The lowest BCUT2D eigenvalue weighted by molar-refractivity contribution is 0.592. The molecule has 0 fully saturated rings. The van der Waals surface area contributed by atoms with Crippen molar-refractivity contribution in [1.82, 2.24) is 0 Å². The number of hydrogen-bond acceptors (Lipinski definition) is 0. The van der Waals surface area contributed by atoms with Crippen LogP contribution >= 0.6 is 0 Å². The van der Waals surface area contributed by atoms with Gasteiger partial charge in [0, 0.05) is 0 Å². The molecule has 0 aromatic carbocycles. The van der Waals surface area contributed by atoms with E-state index < -0.39 is 0 Å². The van der Waals surface area contributed by atoms with Crippen LogP contribution in [0.25, 0.3) is 0 Å². The Morgan fingerprint density at radius 2 is 1.47 bits per heavy atom. The van der Waals surface area contributed by atoms with Gasteiger partial charge >= 0.3 is 0 Å². The molecule has 0 N–H and O–H groups in total. The summed E-state index contributed by atoms with van der Waals surface area (Å²) >= 11 is 0. The summed E-state index contributed by atoms with van der Waals surface area (Å²) in [5, 5.41) is 0. The summed E-state index contributed by atoms with van der Waals surface area (Å²) in [5.74, 6) is 0. The molecule has 0 radical (unpaired) electrons. The minimum Gasteiger partial charge on any atom is -0.0843 e. The zero-order chi connectivity index (χ0) is 12.8. The van der Waals surface area contributed by atoms with Crippen LogP contribution in [0.2, 0.25) is 0 Å². The highest BCUT2D eigenvalue weighted by Gasteiger charge is 1.90. The topological polar surface area (TPSA) is 0 Å². The van der Waals surface area contributed by atoms with Crippen LogP contribution in [0.4, 0.5) is 0 Å². The molecule has 0 atom stereocenters. The summed E-state index contributed by atoms with van der Waals surface area (Å²) < 4.78 is 0. The van der Waals surface area contributed by atoms with E-state index in [0.717, 1.165) is 6.42 Å². The van der Waals surface area contributed by atoms with Crippen molar-refractivity contribution in [3.63, 3.8) is 0 Å². The van der Waals surface area contributed by atoms with Gasteiger partial charge in [-0.3, -0.25) is 0 Å². The lowest BCUT2D eigenvalue weighted by atomic mass is 10.1. The molecule has 0 amide bonds. The van der Waals surface area contributed by atoms with Gasteiger partial charge in [0.25, 0.3) is 0 Å². The van der Waals surface area contributed by atoms with E-state index in [0.29, 0.717) is 0 Å². The predicted octanol–water partition coefficient (Wildman–Crippen LogP) is 6.43. The van der Waals surface area contributed by atoms with Crippen molar-refractivity contribution in [1.29, 1.82) is 0 Å². The first-order valence-electron chi connectivity index (χ1n) is 7.70. The number of rotatable bonds is 11. The summed E-state index contributed by atoms with van der Waals surface area (Å²) in [5.41, 5.74) is 1.50. The third kappa shape index (κ3) is 11.7. The first kappa shape index (κ1) is 16.5. The molecule has 0 aliphatic rings. The Balaban J connectivity index is 3.38. The number of unbranched alkanes of at least 4 members (excludes halogenated alkanes) is 7. The van der Waals surface area contributed by atoms with Crippen LogP contribution in [0.3, 0.4) is 0 Å². The van der Waals surface area contributed by atoms with Crippen molar-refractivity contribution in [2.45, 2.75) is 85.0 Å². The fraction of sp³-hybridized carbons (Fsp3) is 0.765. The third-order valence-electron chi connectivity index (χ3n) is 3.18. The van der Waals surface area contributed by atoms with Crippen molar-refractivity contribution in [2.75, 3.05) is 0 Å². The standard InChI is InChI=1S/C17H32/c1-4-7-8-9-10-11-12-13-14-16-17(6-3)15-5-2/h14-16H,4-13H2,1-3H3. The molecule has 0 bridgehead atoms. The molecular weight excluding hydrogens is 204 g/mol. The molecule has 0 rings (SSSR count). The highest BCUT2D eigenvalue weighted by molar-refractivity contribution is 5.17. The van der Waals surface area contributed by atoms with Crippen LogP contribution in [-0.4, -0.2) is 0 Å². The highest BCUT2D eigenvalue weighted by atomic mass is 14.0. The van der Waals surface area contributed by atoms with Gasteiger partial charge in [-0.15, -0.1) is 0 Å². The molecule has 0 aliphatic carbocycles. The van der Waals surface area contributed by atoms with E-state index in [-0.39, 0.29) is 0 Å². The summed E-state index contributed by atoms with van der Waals surface area (Å²) in [4.78, 5) is 0. The fourth-order valence-corrected chi connectivity index (χ4v) is 2.05. The molecule has 17 heavy (non-hydrogen) atoms. The third-order valence-corrected chi connectivity index (χ3v) is 3.18. The van der Waals surface area contributed by atoms with Crippen molar-refractivity contribution in [3.8, 4) is 0 Å². The molecule has 0 nitrogen and oxygen atoms in total. The molecule has 0 saturated heterocycles. The maximum atomic E-state index is 2.36. The maximum Gasteiger partial charge on any atom is -0.0311 e. The second-order valence-corrected chi connectivity index (χ2v) is 4.85. The smallest absolute Gasteiger partial charge is 0.0311 e. The van der Waals surface area contributed by atoms with Gasteiger partial charge in [-0.2, -0.15) is 0 Å². The van der Waals surface area contributed by atoms with Gasteiger partial charge in [-0.1, -0.05) is 83.1 Å². The average molecular weight is 236 g/mol. The first-order valence-corrected chi connectivity index (χ1v) is 7.70. The first-order chi connectivity index (χ1) is 8.35. The van der Waals surface area contributed by atoms with Crippen molar-refractivity contribution < 1.29 is 0 Å². The zero-order valence-corrected chi connectivity index (χ0v) is 12.3. The lowest BCUT2D eigenvalue weighted by Crippen LogP contribution is -1.79. The Morgan fingerprint density at radius 3 is 2.06 bits per heavy atom. The van der Waals surface area contributed by atoms with E-state index in [9.17, 15) is 0 Å². The van der Waals surface area contributed by atoms with Gasteiger partial charge in [0.1, 0.15) is 0 Å². The van der Waals surface area contributed by atoms with Crippen LogP contribution < -0.4 is 0 Å². The Morgan fingerprint density at radius 1 is 0.824 bits per heavy atom. The molecule has 0 heterocycles. The SMILES string of the molecule is CCC=C(C=CCCCCCCCCC)CC. The molecule has 0 aromatic rings. The van der Waals surface area contributed by atoms with Gasteiger partial charge < -0.3 is 0 Å². The van der Waals surface area contributed by atoms with Crippen molar-refractivity contribution in [2.24, 2.45) is 0 Å².